The van der Waals surface area contributed by atoms with Gasteiger partial charge in [0.05, 0.1) is 13.2 Å². The molecule has 2 aromatic rings. The summed E-state index contributed by atoms with van der Waals surface area (Å²) in [7, 11) is 3.46. The van der Waals surface area contributed by atoms with E-state index in [2.05, 4.69) is 15.4 Å². The van der Waals surface area contributed by atoms with Crippen LogP contribution in [0.15, 0.2) is 30.6 Å². The number of aliphatic hydroxyl groups excluding tert-OH is 1. The van der Waals surface area contributed by atoms with Crippen molar-refractivity contribution in [2.75, 3.05) is 20.2 Å². The predicted octanol–water partition coefficient (Wildman–Crippen LogP) is 0.689. The minimum atomic E-state index is -0.554. The van der Waals surface area contributed by atoms with Gasteiger partial charge in [0.15, 0.2) is 5.82 Å². The van der Waals surface area contributed by atoms with Gasteiger partial charge in [-0.2, -0.15) is 5.10 Å². The molecule has 0 saturated heterocycles. The van der Waals surface area contributed by atoms with Crippen LogP contribution in [0, 0.1) is 0 Å². The van der Waals surface area contributed by atoms with Crippen molar-refractivity contribution in [3.05, 3.63) is 42.0 Å². The summed E-state index contributed by atoms with van der Waals surface area (Å²) in [5.74, 6) is 1.55. The van der Waals surface area contributed by atoms with Crippen molar-refractivity contribution in [2.24, 2.45) is 7.05 Å². The van der Waals surface area contributed by atoms with Crippen LogP contribution in [-0.4, -0.2) is 40.1 Å². The number of methoxy groups -OCH3 is 1. The Morgan fingerprint density at radius 1 is 1.45 bits per heavy atom. The summed E-state index contributed by atoms with van der Waals surface area (Å²) in [6, 6.07) is 7.45. The standard InChI is InChI=1S/C14H20N4O2/c1-18-10-16-14(17-18)6-7-15-9-13(19)11-4-3-5-12(8-11)20-2/h3-5,8,10,13,15,19H,6-7,9H2,1-2H3. The van der Waals surface area contributed by atoms with Crippen molar-refractivity contribution in [1.29, 1.82) is 0 Å². The molecule has 6 nitrogen and oxygen atoms in total. The maximum atomic E-state index is 10.1. The second-order valence-electron chi connectivity index (χ2n) is 4.58. The number of rotatable bonds is 7. The zero-order valence-electron chi connectivity index (χ0n) is 11.8. The number of aromatic nitrogens is 3. The molecule has 0 fully saturated rings. The highest BCUT2D eigenvalue weighted by Crippen LogP contribution is 2.18. The van der Waals surface area contributed by atoms with Crippen LogP contribution in [0.2, 0.25) is 0 Å². The van der Waals surface area contributed by atoms with Gasteiger partial charge in [-0.25, -0.2) is 4.98 Å². The summed E-state index contributed by atoms with van der Waals surface area (Å²) < 4.78 is 6.82. The number of hydrogen-bond acceptors (Lipinski definition) is 5. The van der Waals surface area contributed by atoms with E-state index in [9.17, 15) is 5.11 Å². The van der Waals surface area contributed by atoms with Gasteiger partial charge in [0.2, 0.25) is 0 Å². The Balaban J connectivity index is 1.75. The molecule has 1 heterocycles. The van der Waals surface area contributed by atoms with E-state index in [0.717, 1.165) is 30.1 Å². The number of aliphatic hydroxyl groups is 1. The number of aryl methyl sites for hydroxylation is 1. The second-order valence-corrected chi connectivity index (χ2v) is 4.58. The molecule has 0 saturated carbocycles. The second kappa shape index (κ2) is 7.02. The van der Waals surface area contributed by atoms with Crippen molar-refractivity contribution >= 4 is 0 Å². The van der Waals surface area contributed by atoms with Crippen molar-refractivity contribution in [3.63, 3.8) is 0 Å². The van der Waals surface area contributed by atoms with E-state index < -0.39 is 6.10 Å². The SMILES string of the molecule is COc1cccc(C(O)CNCCc2ncn(C)n2)c1. The molecule has 20 heavy (non-hydrogen) atoms. The van der Waals surface area contributed by atoms with E-state index in [4.69, 9.17) is 4.74 Å². The van der Waals surface area contributed by atoms with E-state index in [1.54, 1.807) is 18.1 Å². The van der Waals surface area contributed by atoms with Crippen LogP contribution in [0.4, 0.5) is 0 Å². The monoisotopic (exact) mass is 276 g/mol. The lowest BCUT2D eigenvalue weighted by atomic mass is 10.1. The highest BCUT2D eigenvalue weighted by atomic mass is 16.5. The fourth-order valence-electron chi connectivity index (χ4n) is 1.90. The quantitative estimate of drug-likeness (QED) is 0.728. The molecule has 1 atom stereocenters. The normalized spacial score (nSPS) is 12.3. The molecule has 2 rings (SSSR count). The molecule has 0 radical (unpaired) electrons. The average molecular weight is 276 g/mol. The molecule has 108 valence electrons. The Morgan fingerprint density at radius 3 is 3.00 bits per heavy atom. The Labute approximate surface area is 118 Å². The minimum Gasteiger partial charge on any atom is -0.497 e. The maximum absolute atomic E-state index is 10.1. The fourth-order valence-corrected chi connectivity index (χ4v) is 1.90. The first-order valence-corrected chi connectivity index (χ1v) is 6.56. The lowest BCUT2D eigenvalue weighted by Crippen LogP contribution is -2.24. The van der Waals surface area contributed by atoms with Crippen molar-refractivity contribution < 1.29 is 9.84 Å². The van der Waals surface area contributed by atoms with E-state index >= 15 is 0 Å². The van der Waals surface area contributed by atoms with Crippen LogP contribution in [0.25, 0.3) is 0 Å². The van der Waals surface area contributed by atoms with Gasteiger partial charge in [-0.05, 0) is 17.7 Å². The molecule has 0 aliphatic rings. The topological polar surface area (TPSA) is 72.2 Å². The molecule has 0 aliphatic carbocycles. The van der Waals surface area contributed by atoms with Crippen LogP contribution in [0.5, 0.6) is 5.75 Å². The summed E-state index contributed by atoms with van der Waals surface area (Å²) in [5, 5.41) is 17.5. The highest BCUT2D eigenvalue weighted by molar-refractivity contribution is 5.29. The van der Waals surface area contributed by atoms with Gasteiger partial charge in [0.25, 0.3) is 0 Å². The third kappa shape index (κ3) is 4.04. The largest absolute Gasteiger partial charge is 0.497 e. The van der Waals surface area contributed by atoms with Gasteiger partial charge in [-0.1, -0.05) is 12.1 Å². The number of hydrogen-bond donors (Lipinski definition) is 2. The molecule has 2 N–H and O–H groups in total. The first kappa shape index (κ1) is 14.5. The maximum Gasteiger partial charge on any atom is 0.151 e. The van der Waals surface area contributed by atoms with Gasteiger partial charge in [-0.15, -0.1) is 0 Å². The van der Waals surface area contributed by atoms with Crippen LogP contribution in [-0.2, 0) is 13.5 Å². The summed E-state index contributed by atoms with van der Waals surface area (Å²) in [4.78, 5) is 4.15. The molecule has 1 aromatic carbocycles. The summed E-state index contributed by atoms with van der Waals surface area (Å²) >= 11 is 0. The Kier molecular flexibility index (Phi) is 5.09. The van der Waals surface area contributed by atoms with E-state index in [1.165, 1.54) is 0 Å². The molecule has 0 aliphatic heterocycles. The summed E-state index contributed by atoms with van der Waals surface area (Å²) in [5.41, 5.74) is 0.841. The van der Waals surface area contributed by atoms with E-state index in [-0.39, 0.29) is 0 Å². The number of benzene rings is 1. The first-order chi connectivity index (χ1) is 9.69. The molecular formula is C14H20N4O2. The van der Waals surface area contributed by atoms with Crippen LogP contribution >= 0.6 is 0 Å². The third-order valence-electron chi connectivity index (χ3n) is 2.99. The Hall–Kier alpha value is -1.92. The van der Waals surface area contributed by atoms with Crippen LogP contribution in [0.3, 0.4) is 0 Å². The molecular weight excluding hydrogens is 256 g/mol. The molecule has 0 spiro atoms. The zero-order valence-corrected chi connectivity index (χ0v) is 11.8. The van der Waals surface area contributed by atoms with Gasteiger partial charge in [-0.3, -0.25) is 4.68 Å². The van der Waals surface area contributed by atoms with Gasteiger partial charge < -0.3 is 15.2 Å². The zero-order chi connectivity index (χ0) is 14.4. The summed E-state index contributed by atoms with van der Waals surface area (Å²) in [6.07, 6.45) is 1.87. The lowest BCUT2D eigenvalue weighted by molar-refractivity contribution is 0.174. The lowest BCUT2D eigenvalue weighted by Gasteiger charge is -2.12. The summed E-state index contributed by atoms with van der Waals surface area (Å²) in [6.45, 7) is 1.21. The van der Waals surface area contributed by atoms with Crippen LogP contribution in [0.1, 0.15) is 17.5 Å². The average Bonchev–Trinajstić information content (AvgIpc) is 2.89. The molecule has 0 amide bonds. The van der Waals surface area contributed by atoms with Crippen molar-refractivity contribution in [3.8, 4) is 5.75 Å². The van der Waals surface area contributed by atoms with Crippen molar-refractivity contribution in [2.45, 2.75) is 12.5 Å². The highest BCUT2D eigenvalue weighted by Gasteiger charge is 2.08. The van der Waals surface area contributed by atoms with Gasteiger partial charge in [0.1, 0.15) is 12.1 Å². The molecule has 1 aromatic heterocycles. The smallest absolute Gasteiger partial charge is 0.151 e. The van der Waals surface area contributed by atoms with Crippen LogP contribution < -0.4 is 10.1 Å². The first-order valence-electron chi connectivity index (χ1n) is 6.56. The minimum absolute atomic E-state index is 0.486. The predicted molar refractivity (Wildman–Crippen MR) is 75.5 cm³/mol. The molecule has 1 unspecified atom stereocenters. The fraction of sp³-hybridized carbons (Fsp3) is 0.429. The number of nitrogens with zero attached hydrogens (tertiary/aromatic N) is 3. The number of ether oxygens (including phenoxy) is 1. The van der Waals surface area contributed by atoms with Gasteiger partial charge >= 0.3 is 0 Å². The van der Waals surface area contributed by atoms with Crippen molar-refractivity contribution in [1.82, 2.24) is 20.1 Å². The van der Waals surface area contributed by atoms with E-state index in [0.29, 0.717) is 6.54 Å². The third-order valence-corrected chi connectivity index (χ3v) is 2.99. The Morgan fingerprint density at radius 2 is 2.30 bits per heavy atom. The van der Waals surface area contributed by atoms with Gasteiger partial charge in [0, 0.05) is 26.6 Å². The Bertz CT molecular complexity index is 541. The molecule has 0 bridgehead atoms. The number of nitrogens with one attached hydrogen (secondary N) is 1. The molecule has 6 heteroatoms. The van der Waals surface area contributed by atoms with E-state index in [1.807, 2.05) is 31.3 Å².